The van der Waals surface area contributed by atoms with Gasteiger partial charge in [0.2, 0.25) is 0 Å². The van der Waals surface area contributed by atoms with E-state index in [1.165, 1.54) is 14.2 Å². The number of rotatable bonds is 6. The van der Waals surface area contributed by atoms with E-state index < -0.39 is 0 Å². The van der Waals surface area contributed by atoms with Crippen LogP contribution in [0.3, 0.4) is 0 Å². The maximum Gasteiger partial charge on any atom is 0.0701 e. The number of hydrogen-bond donors (Lipinski definition) is 1. The SMILES string of the molecule is CC(C)(C)CC(NCCc1ccc(Br)s1)c1ccccc1. The van der Waals surface area contributed by atoms with Crippen LogP contribution < -0.4 is 5.32 Å². The first-order valence-corrected chi connectivity index (χ1v) is 9.07. The van der Waals surface area contributed by atoms with Gasteiger partial charge in [-0.2, -0.15) is 0 Å². The molecule has 0 aliphatic heterocycles. The van der Waals surface area contributed by atoms with Crippen LogP contribution in [-0.4, -0.2) is 6.54 Å². The highest BCUT2D eigenvalue weighted by Gasteiger charge is 2.19. The number of thiophene rings is 1. The maximum atomic E-state index is 3.74. The highest BCUT2D eigenvalue weighted by Crippen LogP contribution is 2.29. The summed E-state index contributed by atoms with van der Waals surface area (Å²) in [7, 11) is 0. The lowest BCUT2D eigenvalue weighted by atomic mass is 9.85. The second-order valence-electron chi connectivity index (χ2n) is 6.64. The van der Waals surface area contributed by atoms with Crippen molar-refractivity contribution in [1.29, 1.82) is 0 Å². The van der Waals surface area contributed by atoms with Crippen LogP contribution in [0.4, 0.5) is 0 Å². The van der Waals surface area contributed by atoms with E-state index in [1.54, 1.807) is 0 Å². The van der Waals surface area contributed by atoms with Crippen molar-refractivity contribution in [2.24, 2.45) is 5.41 Å². The van der Waals surface area contributed by atoms with Gasteiger partial charge in [0.15, 0.2) is 0 Å². The number of hydrogen-bond acceptors (Lipinski definition) is 2. The fourth-order valence-electron chi connectivity index (χ4n) is 2.46. The molecule has 0 saturated heterocycles. The monoisotopic (exact) mass is 365 g/mol. The zero-order chi connectivity index (χ0) is 15.3. The molecule has 1 nitrogen and oxygen atoms in total. The van der Waals surface area contributed by atoms with Gasteiger partial charge in [-0.3, -0.25) is 0 Å². The van der Waals surface area contributed by atoms with E-state index in [0.717, 1.165) is 19.4 Å². The minimum absolute atomic E-state index is 0.319. The van der Waals surface area contributed by atoms with Crippen molar-refractivity contribution in [2.75, 3.05) is 6.54 Å². The second kappa shape index (κ2) is 7.57. The second-order valence-corrected chi connectivity index (χ2v) is 9.19. The predicted octanol–water partition coefficient (Wildman–Crippen LogP) is 5.82. The van der Waals surface area contributed by atoms with Crippen LogP contribution in [0.25, 0.3) is 0 Å². The Morgan fingerprint density at radius 3 is 2.38 bits per heavy atom. The summed E-state index contributed by atoms with van der Waals surface area (Å²) in [5.41, 5.74) is 1.71. The minimum Gasteiger partial charge on any atom is -0.310 e. The summed E-state index contributed by atoms with van der Waals surface area (Å²) >= 11 is 5.35. The average Bonchev–Trinajstić information content (AvgIpc) is 2.83. The molecule has 0 amide bonds. The molecule has 0 spiro atoms. The van der Waals surface area contributed by atoms with Crippen molar-refractivity contribution >= 4 is 27.3 Å². The van der Waals surface area contributed by atoms with Crippen molar-refractivity contribution in [3.8, 4) is 0 Å². The molecule has 0 aliphatic rings. The standard InChI is InChI=1S/C18H24BrNS/c1-18(2,3)13-16(14-7-5-4-6-8-14)20-12-11-15-9-10-17(19)21-15/h4-10,16,20H,11-13H2,1-3H3. The molecular formula is C18H24BrNS. The first kappa shape index (κ1) is 16.7. The Hall–Kier alpha value is -0.640. The van der Waals surface area contributed by atoms with E-state index >= 15 is 0 Å². The van der Waals surface area contributed by atoms with E-state index in [9.17, 15) is 0 Å². The van der Waals surface area contributed by atoms with E-state index in [0.29, 0.717) is 11.5 Å². The molecule has 2 aromatic rings. The third kappa shape index (κ3) is 5.93. The van der Waals surface area contributed by atoms with Crippen molar-refractivity contribution in [1.82, 2.24) is 5.32 Å². The normalized spacial score (nSPS) is 13.3. The lowest BCUT2D eigenvalue weighted by molar-refractivity contribution is 0.312. The van der Waals surface area contributed by atoms with Crippen molar-refractivity contribution < 1.29 is 0 Å². The van der Waals surface area contributed by atoms with Crippen LogP contribution in [0, 0.1) is 5.41 Å². The highest BCUT2D eigenvalue weighted by molar-refractivity contribution is 9.11. The van der Waals surface area contributed by atoms with Gasteiger partial charge in [-0.25, -0.2) is 0 Å². The molecule has 0 saturated carbocycles. The van der Waals surface area contributed by atoms with E-state index in [2.05, 4.69) is 84.5 Å². The van der Waals surface area contributed by atoms with Gasteiger partial charge in [0.05, 0.1) is 3.79 Å². The quantitative estimate of drug-likeness (QED) is 0.679. The highest BCUT2D eigenvalue weighted by atomic mass is 79.9. The minimum atomic E-state index is 0.319. The van der Waals surface area contributed by atoms with Gasteiger partial charge in [-0.05, 0) is 51.9 Å². The molecule has 21 heavy (non-hydrogen) atoms. The number of halogens is 1. The van der Waals surface area contributed by atoms with Gasteiger partial charge < -0.3 is 5.32 Å². The molecule has 114 valence electrons. The Bertz CT molecular complexity index is 542. The molecule has 1 N–H and O–H groups in total. The van der Waals surface area contributed by atoms with Crippen LogP contribution in [-0.2, 0) is 6.42 Å². The maximum absolute atomic E-state index is 3.74. The fraction of sp³-hybridized carbons (Fsp3) is 0.444. The third-order valence-corrected chi connectivity index (χ3v) is 5.09. The van der Waals surface area contributed by atoms with Gasteiger partial charge in [0.1, 0.15) is 0 Å². The van der Waals surface area contributed by atoms with E-state index in [4.69, 9.17) is 0 Å². The first-order chi connectivity index (χ1) is 9.94. The van der Waals surface area contributed by atoms with Crippen LogP contribution >= 0.6 is 27.3 Å². The smallest absolute Gasteiger partial charge is 0.0701 e. The van der Waals surface area contributed by atoms with Crippen LogP contribution in [0.5, 0.6) is 0 Å². The Balaban J connectivity index is 1.96. The molecule has 0 bridgehead atoms. The average molecular weight is 366 g/mol. The van der Waals surface area contributed by atoms with E-state index in [1.807, 2.05) is 11.3 Å². The molecule has 3 heteroatoms. The summed E-state index contributed by atoms with van der Waals surface area (Å²) in [5.74, 6) is 0. The topological polar surface area (TPSA) is 12.0 Å². The van der Waals surface area contributed by atoms with Crippen molar-refractivity contribution in [3.63, 3.8) is 0 Å². The van der Waals surface area contributed by atoms with Crippen LogP contribution in [0.15, 0.2) is 46.3 Å². The molecule has 1 atom stereocenters. The summed E-state index contributed by atoms with van der Waals surface area (Å²) in [6.45, 7) is 7.94. The summed E-state index contributed by atoms with van der Waals surface area (Å²) < 4.78 is 1.21. The van der Waals surface area contributed by atoms with Crippen LogP contribution in [0.2, 0.25) is 0 Å². The number of nitrogens with one attached hydrogen (secondary N) is 1. The summed E-state index contributed by atoms with van der Waals surface area (Å²) in [5, 5.41) is 3.74. The summed E-state index contributed by atoms with van der Waals surface area (Å²) in [4.78, 5) is 1.43. The molecule has 0 radical (unpaired) electrons. The Morgan fingerprint density at radius 2 is 1.81 bits per heavy atom. The molecule has 1 heterocycles. The summed E-state index contributed by atoms with van der Waals surface area (Å²) in [6, 6.07) is 15.6. The molecule has 2 rings (SSSR count). The molecule has 0 fully saturated rings. The van der Waals surface area contributed by atoms with Gasteiger partial charge in [0.25, 0.3) is 0 Å². The number of benzene rings is 1. The Labute approximate surface area is 140 Å². The Morgan fingerprint density at radius 1 is 1.10 bits per heavy atom. The van der Waals surface area contributed by atoms with Gasteiger partial charge in [-0.1, -0.05) is 51.1 Å². The van der Waals surface area contributed by atoms with Gasteiger partial charge >= 0.3 is 0 Å². The van der Waals surface area contributed by atoms with Gasteiger partial charge in [0, 0.05) is 17.5 Å². The zero-order valence-electron chi connectivity index (χ0n) is 13.0. The predicted molar refractivity (Wildman–Crippen MR) is 97.0 cm³/mol. The first-order valence-electron chi connectivity index (χ1n) is 7.46. The third-order valence-electron chi connectivity index (χ3n) is 3.41. The summed E-state index contributed by atoms with van der Waals surface area (Å²) in [6.07, 6.45) is 2.23. The zero-order valence-corrected chi connectivity index (χ0v) is 15.4. The Kier molecular flexibility index (Phi) is 6.03. The lowest BCUT2D eigenvalue weighted by Crippen LogP contribution is -2.27. The van der Waals surface area contributed by atoms with Crippen molar-refractivity contribution in [3.05, 3.63) is 56.7 Å². The molecular weight excluding hydrogens is 342 g/mol. The fourth-order valence-corrected chi connectivity index (χ4v) is 3.94. The lowest BCUT2D eigenvalue weighted by Gasteiger charge is -2.27. The van der Waals surface area contributed by atoms with E-state index in [-0.39, 0.29) is 0 Å². The van der Waals surface area contributed by atoms with Crippen molar-refractivity contribution in [2.45, 2.75) is 39.7 Å². The molecule has 1 unspecified atom stereocenters. The van der Waals surface area contributed by atoms with Crippen LogP contribution in [0.1, 0.15) is 43.7 Å². The molecule has 1 aromatic carbocycles. The van der Waals surface area contributed by atoms with Gasteiger partial charge in [-0.15, -0.1) is 11.3 Å². The molecule has 1 aromatic heterocycles. The molecule has 0 aliphatic carbocycles. The largest absolute Gasteiger partial charge is 0.310 e.